The monoisotopic (exact) mass is 490 g/mol. The van der Waals surface area contributed by atoms with Gasteiger partial charge in [-0.25, -0.2) is 0 Å². The summed E-state index contributed by atoms with van der Waals surface area (Å²) in [6, 6.07) is 9.01. The van der Waals surface area contributed by atoms with Gasteiger partial charge < -0.3 is 24.1 Å². The van der Waals surface area contributed by atoms with E-state index in [9.17, 15) is 4.79 Å². The van der Waals surface area contributed by atoms with Gasteiger partial charge in [-0.3, -0.25) is 4.79 Å². The number of methoxy groups -OCH3 is 2. The van der Waals surface area contributed by atoms with Crippen molar-refractivity contribution < 1.29 is 19.0 Å². The molecule has 8 nitrogen and oxygen atoms in total. The van der Waals surface area contributed by atoms with Gasteiger partial charge in [0.2, 0.25) is 5.91 Å². The van der Waals surface area contributed by atoms with E-state index in [1.807, 2.05) is 37.5 Å². The molecule has 1 aromatic heterocycles. The highest BCUT2D eigenvalue weighted by molar-refractivity contribution is 7.99. The molecule has 0 spiro atoms. The maximum absolute atomic E-state index is 12.5. The highest BCUT2D eigenvalue weighted by Gasteiger charge is 2.15. The van der Waals surface area contributed by atoms with Crippen molar-refractivity contribution in [3.63, 3.8) is 0 Å². The van der Waals surface area contributed by atoms with Crippen molar-refractivity contribution in [1.29, 1.82) is 0 Å². The third-order valence-corrected chi connectivity index (χ3v) is 6.47. The van der Waals surface area contributed by atoms with Gasteiger partial charge in [0.25, 0.3) is 0 Å². The molecule has 176 valence electrons. The van der Waals surface area contributed by atoms with Crippen LogP contribution in [0.3, 0.4) is 0 Å². The minimum atomic E-state index is -0.181. The zero-order valence-electron chi connectivity index (χ0n) is 19.3. The predicted octanol–water partition coefficient (Wildman–Crippen LogP) is 4.90. The van der Waals surface area contributed by atoms with E-state index in [1.165, 1.54) is 11.8 Å². The first-order valence-corrected chi connectivity index (χ1v) is 11.7. The maximum atomic E-state index is 12.5. The van der Waals surface area contributed by atoms with Crippen molar-refractivity contribution in [1.82, 2.24) is 14.8 Å². The smallest absolute Gasteiger partial charge is 0.234 e. The highest BCUT2D eigenvalue weighted by Crippen LogP contribution is 2.30. The van der Waals surface area contributed by atoms with E-state index in [2.05, 4.69) is 15.5 Å². The lowest BCUT2D eigenvalue weighted by molar-refractivity contribution is -0.113. The summed E-state index contributed by atoms with van der Waals surface area (Å²) >= 11 is 7.54. The van der Waals surface area contributed by atoms with Gasteiger partial charge in [0, 0.05) is 17.6 Å². The average molecular weight is 491 g/mol. The van der Waals surface area contributed by atoms with Crippen LogP contribution in [0.2, 0.25) is 5.02 Å². The van der Waals surface area contributed by atoms with Gasteiger partial charge in [-0.1, -0.05) is 23.4 Å². The summed E-state index contributed by atoms with van der Waals surface area (Å²) in [5, 5.41) is 12.7. The lowest BCUT2D eigenvalue weighted by atomic mass is 10.1. The topological polar surface area (TPSA) is 87.5 Å². The van der Waals surface area contributed by atoms with Crippen LogP contribution in [0.5, 0.6) is 17.2 Å². The summed E-state index contributed by atoms with van der Waals surface area (Å²) in [4.78, 5) is 12.5. The molecule has 1 N–H and O–H groups in total. The molecule has 3 aromatic rings. The summed E-state index contributed by atoms with van der Waals surface area (Å²) in [7, 11) is 3.11. The first kappa shape index (κ1) is 24.7. The van der Waals surface area contributed by atoms with E-state index >= 15 is 0 Å². The minimum Gasteiger partial charge on any atom is -0.497 e. The number of aryl methyl sites for hydroxylation is 2. The molecule has 0 aliphatic heterocycles. The van der Waals surface area contributed by atoms with E-state index in [1.54, 1.807) is 32.4 Å². The first-order valence-electron chi connectivity index (χ1n) is 10.3. The second-order valence-corrected chi connectivity index (χ2v) is 8.53. The third kappa shape index (κ3) is 6.11. The van der Waals surface area contributed by atoms with E-state index in [0.717, 1.165) is 21.9 Å². The molecule has 1 amide bonds. The number of halogens is 1. The van der Waals surface area contributed by atoms with E-state index in [-0.39, 0.29) is 18.3 Å². The quantitative estimate of drug-likeness (QED) is 0.404. The molecule has 0 saturated carbocycles. The number of carbonyl (C=O) groups excluding carboxylic acids is 1. The Bertz CT molecular complexity index is 1110. The van der Waals surface area contributed by atoms with Gasteiger partial charge >= 0.3 is 0 Å². The van der Waals surface area contributed by atoms with Gasteiger partial charge in [0.15, 0.2) is 11.0 Å². The number of rotatable bonds is 10. The molecule has 2 aromatic carbocycles. The van der Waals surface area contributed by atoms with Gasteiger partial charge in [0.05, 0.1) is 25.7 Å². The summed E-state index contributed by atoms with van der Waals surface area (Å²) < 4.78 is 18.4. The van der Waals surface area contributed by atoms with Crippen LogP contribution in [0.25, 0.3) is 0 Å². The molecule has 0 aliphatic carbocycles. The number of carbonyl (C=O) groups is 1. The van der Waals surface area contributed by atoms with Crippen molar-refractivity contribution >= 4 is 35.0 Å². The molecule has 1 heterocycles. The van der Waals surface area contributed by atoms with Gasteiger partial charge in [-0.05, 0) is 56.2 Å². The number of thioether (sulfide) groups is 1. The fourth-order valence-corrected chi connectivity index (χ4v) is 4.14. The maximum Gasteiger partial charge on any atom is 0.234 e. The third-order valence-electron chi connectivity index (χ3n) is 4.90. The molecule has 0 atom stereocenters. The Balaban J connectivity index is 1.61. The number of benzene rings is 2. The summed E-state index contributed by atoms with van der Waals surface area (Å²) in [5.41, 5.74) is 2.49. The van der Waals surface area contributed by atoms with E-state index in [4.69, 9.17) is 25.8 Å². The number of aromatic nitrogens is 3. The van der Waals surface area contributed by atoms with Crippen molar-refractivity contribution in [2.75, 3.05) is 25.3 Å². The number of amides is 1. The Kier molecular flexibility index (Phi) is 8.46. The van der Waals surface area contributed by atoms with Crippen LogP contribution in [0.1, 0.15) is 23.9 Å². The molecule has 3 rings (SSSR count). The average Bonchev–Trinajstić information content (AvgIpc) is 3.21. The Morgan fingerprint density at radius 3 is 2.45 bits per heavy atom. The van der Waals surface area contributed by atoms with Crippen LogP contribution in [0, 0.1) is 13.8 Å². The number of nitrogens with zero attached hydrogens (tertiary/aromatic N) is 3. The summed E-state index contributed by atoms with van der Waals surface area (Å²) in [5.74, 6) is 2.57. The lowest BCUT2D eigenvalue weighted by Gasteiger charge is -2.12. The molecule has 0 bridgehead atoms. The molecule has 0 radical (unpaired) electrons. The Morgan fingerprint density at radius 1 is 1.09 bits per heavy atom. The summed E-state index contributed by atoms with van der Waals surface area (Å²) in [6.45, 7) is 6.80. The molecule has 0 fully saturated rings. The number of hydrogen-bond donors (Lipinski definition) is 1. The van der Waals surface area contributed by atoms with Gasteiger partial charge in [-0.2, -0.15) is 0 Å². The SMILES string of the molecule is CCn1c(COc2cc(C)c(Cl)c(C)c2)nnc1SCC(=O)Nc1ccc(OC)cc1OC. The Hall–Kier alpha value is -2.91. The minimum absolute atomic E-state index is 0.170. The van der Waals surface area contributed by atoms with Gasteiger partial charge in [-0.15, -0.1) is 10.2 Å². The normalized spacial score (nSPS) is 10.7. The highest BCUT2D eigenvalue weighted by atomic mass is 35.5. The number of anilines is 1. The second kappa shape index (κ2) is 11.3. The largest absolute Gasteiger partial charge is 0.497 e. The predicted molar refractivity (Wildman–Crippen MR) is 130 cm³/mol. The standard InChI is InChI=1S/C23H27ClN4O4S/c1-6-28-20(12-32-17-9-14(2)22(24)15(3)10-17)26-27-23(28)33-13-21(29)25-18-8-7-16(30-4)11-19(18)31-5/h7-11H,6,12-13H2,1-5H3,(H,25,29). The van der Waals surface area contributed by atoms with Crippen LogP contribution in [-0.4, -0.2) is 40.6 Å². The lowest BCUT2D eigenvalue weighted by Crippen LogP contribution is -2.15. The van der Waals surface area contributed by atoms with Crippen LogP contribution in [-0.2, 0) is 17.9 Å². The number of ether oxygens (including phenoxy) is 3. The first-order chi connectivity index (χ1) is 15.9. The Labute approximate surface area is 202 Å². The second-order valence-electron chi connectivity index (χ2n) is 7.21. The number of hydrogen-bond acceptors (Lipinski definition) is 7. The molecular weight excluding hydrogens is 464 g/mol. The fraction of sp³-hybridized carbons (Fsp3) is 0.348. The van der Waals surface area contributed by atoms with Crippen LogP contribution in [0.15, 0.2) is 35.5 Å². The summed E-state index contributed by atoms with van der Waals surface area (Å²) in [6.07, 6.45) is 0. The van der Waals surface area contributed by atoms with Gasteiger partial charge in [0.1, 0.15) is 23.9 Å². The zero-order chi connectivity index (χ0) is 24.0. The van der Waals surface area contributed by atoms with E-state index in [0.29, 0.717) is 34.7 Å². The molecule has 33 heavy (non-hydrogen) atoms. The van der Waals surface area contributed by atoms with E-state index < -0.39 is 0 Å². The number of nitrogens with one attached hydrogen (secondary N) is 1. The van der Waals surface area contributed by atoms with Crippen LogP contribution >= 0.6 is 23.4 Å². The molecular formula is C23H27ClN4O4S. The Morgan fingerprint density at radius 2 is 1.82 bits per heavy atom. The van der Waals surface area contributed by atoms with Crippen LogP contribution in [0.4, 0.5) is 5.69 Å². The molecule has 10 heteroatoms. The molecule has 0 aliphatic rings. The fourth-order valence-electron chi connectivity index (χ4n) is 3.21. The van der Waals surface area contributed by atoms with Crippen molar-refractivity contribution in [2.24, 2.45) is 0 Å². The van der Waals surface area contributed by atoms with Crippen LogP contribution < -0.4 is 19.5 Å². The molecule has 0 unspecified atom stereocenters. The van der Waals surface area contributed by atoms with Crippen molar-refractivity contribution in [3.05, 3.63) is 52.3 Å². The zero-order valence-corrected chi connectivity index (χ0v) is 20.8. The van der Waals surface area contributed by atoms with Crippen molar-refractivity contribution in [2.45, 2.75) is 39.1 Å². The molecule has 0 saturated heterocycles. The van der Waals surface area contributed by atoms with Crippen molar-refractivity contribution in [3.8, 4) is 17.2 Å².